The molecule has 1 atom stereocenters. The van der Waals surface area contributed by atoms with E-state index in [9.17, 15) is 9.59 Å². The van der Waals surface area contributed by atoms with Crippen molar-refractivity contribution in [3.8, 4) is 10.7 Å². The van der Waals surface area contributed by atoms with Gasteiger partial charge in [0.05, 0.1) is 10.1 Å². The molecule has 2 amide bonds. The molecule has 0 spiro atoms. The Hall–Kier alpha value is -2.16. The van der Waals surface area contributed by atoms with Crippen LogP contribution in [0.3, 0.4) is 0 Å². The maximum atomic E-state index is 13.4. The third kappa shape index (κ3) is 4.29. The number of thioether (sulfide) groups is 1. The normalized spacial score (nSPS) is 19.5. The summed E-state index contributed by atoms with van der Waals surface area (Å²) in [6.07, 6.45) is 4.62. The van der Waals surface area contributed by atoms with Crippen LogP contribution in [-0.4, -0.2) is 43.3 Å². The SMILES string of the molecule is O=C(c1ccc(Cl)cc1)N1CCCC[C@@H](Sc2nnc(-c3cccs3)n2C2CC2)C1=O. The molecule has 160 valence electrons. The minimum atomic E-state index is -0.350. The maximum absolute atomic E-state index is 13.4. The van der Waals surface area contributed by atoms with Gasteiger partial charge >= 0.3 is 0 Å². The number of hydrogen-bond donors (Lipinski definition) is 0. The van der Waals surface area contributed by atoms with Gasteiger partial charge in [0.2, 0.25) is 5.91 Å². The summed E-state index contributed by atoms with van der Waals surface area (Å²) in [6.45, 7) is 0.438. The lowest BCUT2D eigenvalue weighted by Crippen LogP contribution is -2.41. The Labute approximate surface area is 193 Å². The zero-order valence-corrected chi connectivity index (χ0v) is 19.1. The van der Waals surface area contributed by atoms with Crippen molar-refractivity contribution in [2.75, 3.05) is 6.54 Å². The van der Waals surface area contributed by atoms with Crippen LogP contribution in [0, 0.1) is 0 Å². The highest BCUT2D eigenvalue weighted by atomic mass is 35.5. The number of amides is 2. The highest BCUT2D eigenvalue weighted by Crippen LogP contribution is 2.43. The van der Waals surface area contributed by atoms with Crippen molar-refractivity contribution in [3.63, 3.8) is 0 Å². The van der Waals surface area contributed by atoms with Crippen LogP contribution in [0.25, 0.3) is 10.7 Å². The van der Waals surface area contributed by atoms with E-state index in [2.05, 4.69) is 14.8 Å². The number of hydrogen-bond acceptors (Lipinski definition) is 6. The Morgan fingerprint density at radius 2 is 1.90 bits per heavy atom. The van der Waals surface area contributed by atoms with Crippen LogP contribution < -0.4 is 0 Å². The number of imide groups is 1. The average molecular weight is 473 g/mol. The fourth-order valence-corrected chi connectivity index (χ4v) is 5.82. The summed E-state index contributed by atoms with van der Waals surface area (Å²) in [7, 11) is 0. The molecule has 2 aliphatic rings. The molecule has 1 saturated carbocycles. The summed E-state index contributed by atoms with van der Waals surface area (Å²) in [5.74, 6) is 0.456. The Bertz CT molecular complexity index is 1090. The summed E-state index contributed by atoms with van der Waals surface area (Å²) in [5.41, 5.74) is 0.476. The van der Waals surface area contributed by atoms with Crippen molar-refractivity contribution >= 4 is 46.5 Å². The molecule has 9 heteroatoms. The molecule has 0 N–H and O–H groups in total. The van der Waals surface area contributed by atoms with Gasteiger partial charge in [-0.2, -0.15) is 0 Å². The zero-order valence-electron chi connectivity index (χ0n) is 16.7. The van der Waals surface area contributed by atoms with Gasteiger partial charge in [0.15, 0.2) is 11.0 Å². The molecule has 2 aromatic heterocycles. The Morgan fingerprint density at radius 3 is 2.61 bits per heavy atom. The van der Waals surface area contributed by atoms with E-state index in [-0.39, 0.29) is 17.1 Å². The molecule has 0 radical (unpaired) electrons. The molecule has 1 aromatic carbocycles. The lowest BCUT2D eigenvalue weighted by Gasteiger charge is -2.22. The molecule has 2 fully saturated rings. The molecular weight excluding hydrogens is 452 g/mol. The van der Waals surface area contributed by atoms with Gasteiger partial charge in [-0.3, -0.25) is 19.1 Å². The highest BCUT2D eigenvalue weighted by molar-refractivity contribution is 8.00. The monoisotopic (exact) mass is 472 g/mol. The fourth-order valence-electron chi connectivity index (χ4n) is 3.79. The standard InChI is InChI=1S/C22H21ClN4O2S2/c23-15-8-6-14(7-9-15)20(28)26-12-2-1-4-18(21(26)29)31-22-25-24-19(17-5-3-13-30-17)27(22)16-10-11-16/h3,5-9,13,16,18H,1-2,4,10-12H2/t18-/m1/s1. The number of thiophene rings is 1. The number of rotatable bonds is 5. The fraction of sp³-hybridized carbons (Fsp3) is 0.364. The molecule has 0 unspecified atom stereocenters. The third-order valence-electron chi connectivity index (χ3n) is 5.54. The smallest absolute Gasteiger partial charge is 0.260 e. The van der Waals surface area contributed by atoms with E-state index >= 15 is 0 Å². The van der Waals surface area contributed by atoms with Gasteiger partial charge in [0.1, 0.15) is 0 Å². The van der Waals surface area contributed by atoms with Crippen LogP contribution in [0.5, 0.6) is 0 Å². The average Bonchev–Trinajstić information content (AvgIpc) is 3.35. The number of carbonyl (C=O) groups excluding carboxylic acids is 2. The van der Waals surface area contributed by atoms with E-state index in [1.54, 1.807) is 35.6 Å². The highest BCUT2D eigenvalue weighted by Gasteiger charge is 2.36. The third-order valence-corrected chi connectivity index (χ3v) is 7.87. The minimum absolute atomic E-state index is 0.148. The molecule has 0 bridgehead atoms. The van der Waals surface area contributed by atoms with Gasteiger partial charge < -0.3 is 0 Å². The first kappa shape index (κ1) is 20.7. The predicted octanol–water partition coefficient (Wildman–Crippen LogP) is 5.31. The van der Waals surface area contributed by atoms with Gasteiger partial charge in [-0.1, -0.05) is 35.9 Å². The molecule has 6 nitrogen and oxygen atoms in total. The van der Waals surface area contributed by atoms with Crippen molar-refractivity contribution < 1.29 is 9.59 Å². The predicted molar refractivity (Wildman–Crippen MR) is 123 cm³/mol. The number of aromatic nitrogens is 3. The van der Waals surface area contributed by atoms with E-state index in [4.69, 9.17) is 11.6 Å². The first-order valence-corrected chi connectivity index (χ1v) is 12.5. The Balaban J connectivity index is 1.40. The summed E-state index contributed by atoms with van der Waals surface area (Å²) in [6, 6.07) is 11.1. The lowest BCUT2D eigenvalue weighted by molar-refractivity contribution is -0.127. The molecule has 31 heavy (non-hydrogen) atoms. The van der Waals surface area contributed by atoms with Crippen LogP contribution in [0.1, 0.15) is 48.5 Å². The van der Waals surface area contributed by atoms with Crippen LogP contribution in [0.2, 0.25) is 5.02 Å². The second-order valence-corrected chi connectivity index (χ2v) is 10.3. The largest absolute Gasteiger partial charge is 0.298 e. The summed E-state index contributed by atoms with van der Waals surface area (Å²) >= 11 is 9.03. The number of carbonyl (C=O) groups is 2. The van der Waals surface area contributed by atoms with Crippen LogP contribution in [-0.2, 0) is 4.79 Å². The number of benzene rings is 1. The Morgan fingerprint density at radius 1 is 1.10 bits per heavy atom. The summed E-state index contributed by atoms with van der Waals surface area (Å²) in [5, 5.41) is 11.9. The van der Waals surface area contributed by atoms with E-state index < -0.39 is 0 Å². The quantitative estimate of drug-likeness (QED) is 0.471. The van der Waals surface area contributed by atoms with E-state index in [1.807, 2.05) is 17.5 Å². The first-order chi connectivity index (χ1) is 15.1. The van der Waals surface area contributed by atoms with E-state index in [1.165, 1.54) is 16.7 Å². The van der Waals surface area contributed by atoms with Crippen molar-refractivity contribution in [3.05, 3.63) is 52.4 Å². The number of nitrogens with zero attached hydrogens (tertiary/aromatic N) is 4. The second-order valence-electron chi connectivity index (χ2n) is 7.79. The van der Waals surface area contributed by atoms with E-state index in [0.717, 1.165) is 48.0 Å². The van der Waals surface area contributed by atoms with Crippen LogP contribution in [0.15, 0.2) is 46.9 Å². The summed E-state index contributed by atoms with van der Waals surface area (Å²) in [4.78, 5) is 28.9. The number of halogens is 1. The number of likely N-dealkylation sites (tertiary alicyclic amines) is 1. The van der Waals surface area contributed by atoms with Gasteiger partial charge in [0.25, 0.3) is 5.91 Å². The molecule has 1 saturated heterocycles. The Kier molecular flexibility index (Phi) is 5.86. The summed E-state index contributed by atoms with van der Waals surface area (Å²) < 4.78 is 2.18. The van der Waals surface area contributed by atoms with E-state index in [0.29, 0.717) is 23.2 Å². The molecule has 1 aliphatic heterocycles. The topological polar surface area (TPSA) is 68.1 Å². The van der Waals surface area contributed by atoms with Gasteiger partial charge in [-0.15, -0.1) is 21.5 Å². The lowest BCUT2D eigenvalue weighted by atomic mass is 10.2. The molecule has 5 rings (SSSR count). The van der Waals surface area contributed by atoms with Crippen LogP contribution >= 0.6 is 34.7 Å². The van der Waals surface area contributed by atoms with Crippen molar-refractivity contribution in [2.24, 2.45) is 0 Å². The van der Waals surface area contributed by atoms with Crippen LogP contribution in [0.4, 0.5) is 0 Å². The van der Waals surface area contributed by atoms with Gasteiger partial charge in [0, 0.05) is 23.2 Å². The zero-order chi connectivity index (χ0) is 21.4. The van der Waals surface area contributed by atoms with Crippen molar-refractivity contribution in [1.29, 1.82) is 0 Å². The molecule has 3 aromatic rings. The van der Waals surface area contributed by atoms with Gasteiger partial charge in [-0.25, -0.2) is 0 Å². The molecule has 3 heterocycles. The first-order valence-electron chi connectivity index (χ1n) is 10.4. The molecule has 1 aliphatic carbocycles. The maximum Gasteiger partial charge on any atom is 0.260 e. The second kappa shape index (κ2) is 8.76. The van der Waals surface area contributed by atoms with Gasteiger partial charge in [-0.05, 0) is 61.4 Å². The van der Waals surface area contributed by atoms with Crippen molar-refractivity contribution in [1.82, 2.24) is 19.7 Å². The minimum Gasteiger partial charge on any atom is -0.298 e. The van der Waals surface area contributed by atoms with Crippen molar-refractivity contribution in [2.45, 2.75) is 48.6 Å². The molecular formula is C22H21ClN4O2S2.